The monoisotopic (exact) mass is 377 g/mol. The third-order valence-corrected chi connectivity index (χ3v) is 9.69. The molecule has 5 heteroatoms. The largest absolute Gasteiger partial charge is 0.405 e. The maximum absolute atomic E-state index is 13.0. The normalized spacial score (nSPS) is 14.8. The van der Waals surface area contributed by atoms with Crippen molar-refractivity contribution in [1.29, 1.82) is 0 Å². The van der Waals surface area contributed by atoms with Gasteiger partial charge in [0.2, 0.25) is 5.91 Å². The molecule has 0 spiro atoms. The number of ketones is 1. The van der Waals surface area contributed by atoms with Gasteiger partial charge in [0.1, 0.15) is 6.10 Å². The molecule has 0 unspecified atom stereocenters. The lowest BCUT2D eigenvalue weighted by atomic mass is 10.00. The lowest BCUT2D eigenvalue weighted by Gasteiger charge is -2.39. The Morgan fingerprint density at radius 1 is 1.12 bits per heavy atom. The lowest BCUT2D eigenvalue weighted by molar-refractivity contribution is -0.133. The van der Waals surface area contributed by atoms with Gasteiger partial charge >= 0.3 is 0 Å². The van der Waals surface area contributed by atoms with Crippen molar-refractivity contribution in [2.24, 2.45) is 5.92 Å². The Bertz CT molecular complexity index is 605. The van der Waals surface area contributed by atoms with Crippen LogP contribution in [0.25, 0.3) is 0 Å². The third-order valence-electron chi connectivity index (χ3n) is 5.20. The summed E-state index contributed by atoms with van der Waals surface area (Å²) in [5.41, 5.74) is 1.05. The first-order chi connectivity index (χ1) is 11.8. The van der Waals surface area contributed by atoms with Gasteiger partial charge in [-0.1, -0.05) is 65.0 Å². The van der Waals surface area contributed by atoms with E-state index in [1.165, 1.54) is 6.92 Å². The number of rotatable bonds is 8. The molecule has 26 heavy (non-hydrogen) atoms. The molecule has 146 valence electrons. The Morgan fingerprint density at radius 2 is 1.65 bits per heavy atom. The molecule has 1 rings (SSSR count). The fraction of sp³-hybridized carbons (Fsp3) is 0.619. The van der Waals surface area contributed by atoms with Crippen LogP contribution in [0.3, 0.4) is 0 Å². The first-order valence-electron chi connectivity index (χ1n) is 9.37. The summed E-state index contributed by atoms with van der Waals surface area (Å²) in [4.78, 5) is 24.9. The quantitative estimate of drug-likeness (QED) is 0.685. The van der Waals surface area contributed by atoms with Gasteiger partial charge in [0, 0.05) is 6.42 Å². The lowest BCUT2D eigenvalue weighted by Crippen LogP contribution is -2.53. The van der Waals surface area contributed by atoms with E-state index in [1.807, 2.05) is 44.2 Å². The number of hydrogen-bond acceptors (Lipinski definition) is 3. The van der Waals surface area contributed by atoms with Gasteiger partial charge in [0.15, 0.2) is 14.1 Å². The minimum atomic E-state index is -2.14. The summed E-state index contributed by atoms with van der Waals surface area (Å²) in [5, 5.41) is 2.92. The van der Waals surface area contributed by atoms with Gasteiger partial charge < -0.3 is 9.74 Å². The second kappa shape index (κ2) is 8.96. The molecule has 0 saturated heterocycles. The molecule has 0 saturated carbocycles. The van der Waals surface area contributed by atoms with Crippen LogP contribution in [0.4, 0.5) is 0 Å². The summed E-state index contributed by atoms with van der Waals surface area (Å²) in [7, 11) is -2.14. The van der Waals surface area contributed by atoms with Gasteiger partial charge in [0.05, 0.1) is 6.04 Å². The standard InChI is InChI=1S/C21H35NO3Si/c1-15(2)19(16(3)23)22-20(24)18(14-17-12-10-9-11-13-17)25-26(7,8)21(4,5)6/h9-13,15,18-19H,14H2,1-8H3,(H,22,24)/t18-,19-/m0/s1. The van der Waals surface area contributed by atoms with E-state index in [0.717, 1.165) is 5.56 Å². The predicted octanol–water partition coefficient (Wildman–Crippen LogP) is 4.35. The molecule has 1 aromatic carbocycles. The average Bonchev–Trinajstić information content (AvgIpc) is 2.50. The molecule has 0 aromatic heterocycles. The number of nitrogens with one attached hydrogen (secondary N) is 1. The molecular formula is C21H35NO3Si. The summed E-state index contributed by atoms with van der Waals surface area (Å²) in [5.74, 6) is -0.187. The number of Topliss-reactive ketones (excluding diaryl/α,β-unsaturated/α-hetero) is 1. The van der Waals surface area contributed by atoms with Gasteiger partial charge in [-0.3, -0.25) is 9.59 Å². The van der Waals surface area contributed by atoms with E-state index in [0.29, 0.717) is 6.42 Å². The topological polar surface area (TPSA) is 55.4 Å². The molecule has 0 aliphatic heterocycles. The molecular weight excluding hydrogens is 342 g/mol. The zero-order chi connectivity index (χ0) is 20.1. The zero-order valence-electron chi connectivity index (χ0n) is 17.6. The van der Waals surface area contributed by atoms with Crippen LogP contribution in [-0.2, 0) is 20.4 Å². The van der Waals surface area contributed by atoms with Crippen LogP contribution in [0.15, 0.2) is 30.3 Å². The number of carbonyl (C=O) groups excluding carboxylic acids is 2. The van der Waals surface area contributed by atoms with E-state index in [4.69, 9.17) is 4.43 Å². The fourth-order valence-corrected chi connectivity index (χ4v) is 3.79. The highest BCUT2D eigenvalue weighted by Crippen LogP contribution is 2.37. The van der Waals surface area contributed by atoms with Crippen molar-refractivity contribution >= 4 is 20.0 Å². The third kappa shape index (κ3) is 6.36. The van der Waals surface area contributed by atoms with Crippen LogP contribution in [0.5, 0.6) is 0 Å². The Hall–Kier alpha value is -1.46. The second-order valence-corrected chi connectivity index (χ2v) is 13.7. The maximum Gasteiger partial charge on any atom is 0.248 e. The molecule has 0 fully saturated rings. The fourth-order valence-electron chi connectivity index (χ4n) is 2.53. The molecule has 0 bridgehead atoms. The van der Waals surface area contributed by atoms with E-state index >= 15 is 0 Å². The molecule has 0 radical (unpaired) electrons. The predicted molar refractivity (Wildman–Crippen MR) is 110 cm³/mol. The minimum Gasteiger partial charge on any atom is -0.405 e. The second-order valence-electron chi connectivity index (χ2n) is 8.90. The molecule has 0 heterocycles. The summed E-state index contributed by atoms with van der Waals surface area (Å²) >= 11 is 0. The van der Waals surface area contributed by atoms with Gasteiger partial charge in [-0.05, 0) is 36.5 Å². The van der Waals surface area contributed by atoms with E-state index in [1.54, 1.807) is 0 Å². The molecule has 0 aliphatic carbocycles. The Kier molecular flexibility index (Phi) is 7.78. The van der Waals surface area contributed by atoms with Crippen LogP contribution >= 0.6 is 0 Å². The van der Waals surface area contributed by atoms with Gasteiger partial charge in [-0.25, -0.2) is 0 Å². The highest BCUT2D eigenvalue weighted by atomic mass is 28.4. The molecule has 0 aliphatic rings. The first kappa shape index (κ1) is 22.6. The van der Waals surface area contributed by atoms with Crippen molar-refractivity contribution in [3.05, 3.63) is 35.9 Å². The van der Waals surface area contributed by atoms with E-state index in [2.05, 4.69) is 39.2 Å². The molecule has 1 aromatic rings. The zero-order valence-corrected chi connectivity index (χ0v) is 18.6. The van der Waals surface area contributed by atoms with Gasteiger partial charge in [0.25, 0.3) is 0 Å². The molecule has 1 N–H and O–H groups in total. The molecule has 2 atom stereocenters. The van der Waals surface area contributed by atoms with Crippen molar-refractivity contribution in [3.63, 3.8) is 0 Å². The minimum absolute atomic E-state index is 0.000241. The molecule has 1 amide bonds. The summed E-state index contributed by atoms with van der Waals surface area (Å²) < 4.78 is 6.44. The van der Waals surface area contributed by atoms with Crippen molar-refractivity contribution in [3.8, 4) is 0 Å². The van der Waals surface area contributed by atoms with Crippen LogP contribution in [0.1, 0.15) is 47.1 Å². The van der Waals surface area contributed by atoms with Crippen LogP contribution in [-0.4, -0.2) is 32.2 Å². The number of hydrogen-bond donors (Lipinski definition) is 1. The SMILES string of the molecule is CC(=O)[C@@H](NC(=O)[C@H](Cc1ccccc1)O[Si](C)(C)C(C)(C)C)C(C)C. The van der Waals surface area contributed by atoms with Crippen molar-refractivity contribution in [2.45, 2.75) is 78.2 Å². The van der Waals surface area contributed by atoms with E-state index in [9.17, 15) is 9.59 Å². The maximum atomic E-state index is 13.0. The summed E-state index contributed by atoms with van der Waals surface area (Å²) in [6.07, 6.45) is -0.0964. The van der Waals surface area contributed by atoms with Gasteiger partial charge in [-0.15, -0.1) is 0 Å². The summed E-state index contributed by atoms with van der Waals surface area (Å²) in [6.45, 7) is 16.1. The van der Waals surface area contributed by atoms with Gasteiger partial charge in [-0.2, -0.15) is 0 Å². The van der Waals surface area contributed by atoms with Crippen LogP contribution < -0.4 is 5.32 Å². The Morgan fingerprint density at radius 3 is 2.08 bits per heavy atom. The average molecular weight is 378 g/mol. The van der Waals surface area contributed by atoms with Crippen molar-refractivity contribution in [1.82, 2.24) is 5.32 Å². The Balaban J connectivity index is 3.06. The van der Waals surface area contributed by atoms with E-state index in [-0.39, 0.29) is 22.6 Å². The highest BCUT2D eigenvalue weighted by molar-refractivity contribution is 6.74. The molecule has 4 nitrogen and oxygen atoms in total. The van der Waals surface area contributed by atoms with Crippen molar-refractivity contribution in [2.75, 3.05) is 0 Å². The van der Waals surface area contributed by atoms with Crippen molar-refractivity contribution < 1.29 is 14.0 Å². The summed E-state index contributed by atoms with van der Waals surface area (Å²) in [6, 6.07) is 9.40. The first-order valence-corrected chi connectivity index (χ1v) is 12.3. The Labute approximate surface area is 159 Å². The number of amides is 1. The van der Waals surface area contributed by atoms with E-state index < -0.39 is 20.5 Å². The number of benzene rings is 1. The number of carbonyl (C=O) groups is 2. The highest BCUT2D eigenvalue weighted by Gasteiger charge is 2.41. The van der Waals surface area contributed by atoms with Crippen LogP contribution in [0, 0.1) is 5.92 Å². The van der Waals surface area contributed by atoms with Crippen LogP contribution in [0.2, 0.25) is 18.1 Å². The smallest absolute Gasteiger partial charge is 0.248 e.